The minimum atomic E-state index is -4.97. The number of carbonyl (C=O) groups excluding carboxylic acids is 1. The fraction of sp³-hybridized carbons (Fsp3) is 0.650. The molecular formula is C20H25F6N3O4S. The highest BCUT2D eigenvalue weighted by Gasteiger charge is 2.40. The van der Waals surface area contributed by atoms with E-state index < -0.39 is 54.2 Å². The Labute approximate surface area is 194 Å². The Hall–Kier alpha value is -2.35. The standard InChI is InChI=1S/C20H25F6N3O4S/c1-10-12(8-27-9-13(30)33-18(3,4)5)34-16-14(10)15(31)29(11(2)20(24,25)26)17(32)28(16)7-6-19(21,22)23/h11,27H,6-9H2,1-5H3. The topological polar surface area (TPSA) is 82.3 Å². The van der Waals surface area contributed by atoms with E-state index in [1.165, 1.54) is 6.92 Å². The molecule has 0 saturated heterocycles. The van der Waals surface area contributed by atoms with E-state index in [1.54, 1.807) is 20.8 Å². The summed E-state index contributed by atoms with van der Waals surface area (Å²) in [7, 11) is 0. The molecule has 1 N–H and O–H groups in total. The minimum absolute atomic E-state index is 0.0217. The zero-order valence-electron chi connectivity index (χ0n) is 19.1. The molecule has 2 rings (SSSR count). The number of nitrogens with one attached hydrogen (secondary N) is 1. The van der Waals surface area contributed by atoms with Crippen LogP contribution in [0.1, 0.15) is 50.6 Å². The zero-order valence-corrected chi connectivity index (χ0v) is 19.9. The third-order valence-electron chi connectivity index (χ3n) is 4.80. The van der Waals surface area contributed by atoms with Gasteiger partial charge in [0.05, 0.1) is 18.4 Å². The van der Waals surface area contributed by atoms with Gasteiger partial charge in [0, 0.05) is 18.0 Å². The molecule has 14 heteroatoms. The second kappa shape index (κ2) is 9.72. The molecule has 0 saturated carbocycles. The van der Waals surface area contributed by atoms with E-state index in [9.17, 15) is 40.7 Å². The van der Waals surface area contributed by atoms with Gasteiger partial charge in [-0.3, -0.25) is 14.2 Å². The predicted octanol–water partition coefficient (Wildman–Crippen LogP) is 4.04. The van der Waals surface area contributed by atoms with Crippen LogP contribution in [0, 0.1) is 6.92 Å². The highest BCUT2D eigenvalue weighted by atomic mass is 32.1. The van der Waals surface area contributed by atoms with Gasteiger partial charge in [0.25, 0.3) is 5.56 Å². The normalized spacial score (nSPS) is 14.0. The van der Waals surface area contributed by atoms with Crippen LogP contribution >= 0.6 is 11.3 Å². The molecule has 0 aromatic carbocycles. The van der Waals surface area contributed by atoms with Crippen molar-refractivity contribution in [2.75, 3.05) is 6.54 Å². The van der Waals surface area contributed by atoms with Gasteiger partial charge in [0.1, 0.15) is 16.5 Å². The lowest BCUT2D eigenvalue weighted by Crippen LogP contribution is -2.45. The van der Waals surface area contributed by atoms with E-state index in [0.717, 1.165) is 11.3 Å². The molecule has 0 radical (unpaired) electrons. The van der Waals surface area contributed by atoms with Crippen LogP contribution in [0.15, 0.2) is 9.59 Å². The molecule has 2 aromatic rings. The van der Waals surface area contributed by atoms with Gasteiger partial charge in [-0.05, 0) is 40.2 Å². The van der Waals surface area contributed by atoms with Crippen molar-refractivity contribution in [3.05, 3.63) is 31.3 Å². The summed E-state index contributed by atoms with van der Waals surface area (Å²) in [6, 6.07) is -2.54. The van der Waals surface area contributed by atoms with Crippen molar-refractivity contribution in [1.82, 2.24) is 14.5 Å². The molecule has 2 aromatic heterocycles. The molecule has 0 aliphatic carbocycles. The summed E-state index contributed by atoms with van der Waals surface area (Å²) in [5.74, 6) is -0.574. The maximum Gasteiger partial charge on any atom is 0.409 e. The molecule has 7 nitrogen and oxygen atoms in total. The largest absolute Gasteiger partial charge is 0.459 e. The van der Waals surface area contributed by atoms with Crippen LogP contribution in [-0.4, -0.2) is 39.6 Å². The first-order chi connectivity index (χ1) is 15.3. The molecule has 1 unspecified atom stereocenters. The smallest absolute Gasteiger partial charge is 0.409 e. The Morgan fingerprint density at radius 2 is 1.71 bits per heavy atom. The zero-order chi connectivity index (χ0) is 26.2. The summed E-state index contributed by atoms with van der Waals surface area (Å²) in [5.41, 5.74) is -3.21. The van der Waals surface area contributed by atoms with Crippen LogP contribution in [0.2, 0.25) is 0 Å². The first-order valence-electron chi connectivity index (χ1n) is 10.2. The molecular weight excluding hydrogens is 492 g/mol. The van der Waals surface area contributed by atoms with Gasteiger partial charge < -0.3 is 10.1 Å². The number of halogens is 6. The van der Waals surface area contributed by atoms with Crippen LogP contribution in [0.5, 0.6) is 0 Å². The van der Waals surface area contributed by atoms with Crippen molar-refractivity contribution in [3.63, 3.8) is 0 Å². The number of alkyl halides is 6. The number of fused-ring (bicyclic) bond motifs is 1. The molecule has 0 aliphatic heterocycles. The van der Waals surface area contributed by atoms with Crippen molar-refractivity contribution in [2.45, 2.75) is 78.1 Å². The summed E-state index contributed by atoms with van der Waals surface area (Å²) >= 11 is 0.809. The number of carbonyl (C=O) groups is 1. The van der Waals surface area contributed by atoms with Crippen molar-refractivity contribution >= 4 is 27.5 Å². The van der Waals surface area contributed by atoms with Gasteiger partial charge in [0.15, 0.2) is 0 Å². The molecule has 0 amide bonds. The van der Waals surface area contributed by atoms with E-state index in [2.05, 4.69) is 5.32 Å². The molecule has 0 bridgehead atoms. The number of thiophene rings is 1. The van der Waals surface area contributed by atoms with Gasteiger partial charge in [-0.15, -0.1) is 11.3 Å². The van der Waals surface area contributed by atoms with Crippen LogP contribution in [0.4, 0.5) is 26.3 Å². The summed E-state index contributed by atoms with van der Waals surface area (Å²) in [4.78, 5) is 37.7. The van der Waals surface area contributed by atoms with Crippen molar-refractivity contribution < 1.29 is 35.9 Å². The highest BCUT2D eigenvalue weighted by molar-refractivity contribution is 7.18. The SMILES string of the molecule is Cc1c(CNCC(=O)OC(C)(C)C)sc2c1c(=O)n(C(C)C(F)(F)F)c(=O)n2CCC(F)(F)F. The molecule has 34 heavy (non-hydrogen) atoms. The Morgan fingerprint density at radius 3 is 2.21 bits per heavy atom. The number of ether oxygens (including phenoxy) is 1. The maximum atomic E-state index is 13.3. The van der Waals surface area contributed by atoms with Crippen molar-refractivity contribution in [3.8, 4) is 0 Å². The second-order valence-electron chi connectivity index (χ2n) is 8.71. The average molecular weight is 517 g/mol. The number of hydrogen-bond donors (Lipinski definition) is 1. The van der Waals surface area contributed by atoms with Crippen LogP contribution in [-0.2, 0) is 22.6 Å². The molecule has 0 fully saturated rings. The lowest BCUT2D eigenvalue weighted by molar-refractivity contribution is -0.164. The Bertz CT molecular complexity index is 1170. The number of hydrogen-bond acceptors (Lipinski definition) is 6. The first kappa shape index (κ1) is 27.9. The number of nitrogens with zero attached hydrogens (tertiary/aromatic N) is 2. The third-order valence-corrected chi connectivity index (χ3v) is 6.11. The number of esters is 1. The first-order valence-corrected chi connectivity index (χ1v) is 11.0. The minimum Gasteiger partial charge on any atom is -0.459 e. The Morgan fingerprint density at radius 1 is 1.12 bits per heavy atom. The average Bonchev–Trinajstić information content (AvgIpc) is 2.95. The second-order valence-corrected chi connectivity index (χ2v) is 9.80. The van der Waals surface area contributed by atoms with Crippen molar-refractivity contribution in [2.24, 2.45) is 0 Å². The Balaban J connectivity index is 2.56. The molecule has 192 valence electrons. The monoisotopic (exact) mass is 517 g/mol. The fourth-order valence-corrected chi connectivity index (χ4v) is 4.44. The van der Waals surface area contributed by atoms with Gasteiger partial charge in [-0.25, -0.2) is 9.36 Å². The van der Waals surface area contributed by atoms with Crippen LogP contribution < -0.4 is 16.6 Å². The maximum absolute atomic E-state index is 13.3. The molecule has 0 spiro atoms. The Kier molecular flexibility index (Phi) is 7.97. The van der Waals surface area contributed by atoms with Crippen LogP contribution in [0.3, 0.4) is 0 Å². The molecule has 2 heterocycles. The van der Waals surface area contributed by atoms with E-state index >= 15 is 0 Å². The summed E-state index contributed by atoms with van der Waals surface area (Å²) < 4.78 is 84.1. The quantitative estimate of drug-likeness (QED) is 0.443. The summed E-state index contributed by atoms with van der Waals surface area (Å²) in [6.45, 7) is 5.85. The number of rotatable bonds is 7. The number of aromatic nitrogens is 2. The van der Waals surface area contributed by atoms with Gasteiger partial charge >= 0.3 is 24.0 Å². The summed E-state index contributed by atoms with van der Waals surface area (Å²) in [6.07, 6.45) is -11.1. The third kappa shape index (κ3) is 6.62. The number of aryl methyl sites for hydroxylation is 2. The van der Waals surface area contributed by atoms with Gasteiger partial charge in [-0.1, -0.05) is 0 Å². The van der Waals surface area contributed by atoms with E-state index in [-0.39, 0.29) is 33.4 Å². The van der Waals surface area contributed by atoms with Gasteiger partial charge in [0.2, 0.25) is 0 Å². The lowest BCUT2D eigenvalue weighted by atomic mass is 10.2. The van der Waals surface area contributed by atoms with Crippen LogP contribution in [0.25, 0.3) is 10.2 Å². The summed E-state index contributed by atoms with van der Waals surface area (Å²) in [5, 5.41) is 2.51. The van der Waals surface area contributed by atoms with E-state index in [0.29, 0.717) is 16.4 Å². The lowest BCUT2D eigenvalue weighted by Gasteiger charge is -2.20. The fourth-order valence-electron chi connectivity index (χ4n) is 3.16. The van der Waals surface area contributed by atoms with Gasteiger partial charge in [-0.2, -0.15) is 26.3 Å². The molecule has 1 atom stereocenters. The molecule has 0 aliphatic rings. The van der Waals surface area contributed by atoms with Crippen molar-refractivity contribution in [1.29, 1.82) is 0 Å². The predicted molar refractivity (Wildman–Crippen MR) is 114 cm³/mol. The highest BCUT2D eigenvalue weighted by Crippen LogP contribution is 2.32. The van der Waals surface area contributed by atoms with E-state index in [4.69, 9.17) is 4.74 Å². The van der Waals surface area contributed by atoms with E-state index in [1.807, 2.05) is 0 Å².